The van der Waals surface area contributed by atoms with Crippen LogP contribution in [0.2, 0.25) is 0 Å². The first-order chi connectivity index (χ1) is 10.2. The third-order valence-corrected chi connectivity index (χ3v) is 6.44. The van der Waals surface area contributed by atoms with Crippen LogP contribution in [0.1, 0.15) is 38.2 Å². The van der Waals surface area contributed by atoms with Gasteiger partial charge in [0.05, 0.1) is 0 Å². The third-order valence-electron chi connectivity index (χ3n) is 4.90. The summed E-state index contributed by atoms with van der Waals surface area (Å²) in [4.78, 5) is 2.60. The molecule has 3 heteroatoms. The lowest BCUT2D eigenvalue weighted by Gasteiger charge is -2.34. The summed E-state index contributed by atoms with van der Waals surface area (Å²) in [6.45, 7) is 7.21. The Hall–Kier alpha value is -0.510. The van der Waals surface area contributed by atoms with Gasteiger partial charge in [0.2, 0.25) is 0 Å². The zero-order valence-electron chi connectivity index (χ0n) is 13.2. The van der Waals surface area contributed by atoms with Gasteiger partial charge in [-0.2, -0.15) is 11.8 Å². The molecule has 1 aromatic carbocycles. The van der Waals surface area contributed by atoms with Crippen molar-refractivity contribution in [3.63, 3.8) is 0 Å². The fraction of sp³-hybridized carbons (Fsp3) is 0.667. The van der Waals surface area contributed by atoms with Crippen molar-refractivity contribution >= 4 is 11.8 Å². The quantitative estimate of drug-likeness (QED) is 0.896. The number of nitrogens with zero attached hydrogens (tertiary/aromatic N) is 1. The second-order valence-corrected chi connectivity index (χ2v) is 8.50. The predicted octanol–water partition coefficient (Wildman–Crippen LogP) is 3.53. The molecule has 21 heavy (non-hydrogen) atoms. The zero-order valence-corrected chi connectivity index (χ0v) is 14.0. The molecule has 2 aliphatic rings. The number of rotatable bonds is 5. The maximum Gasteiger partial charge on any atom is 0.0256 e. The molecule has 3 rings (SSSR count). The smallest absolute Gasteiger partial charge is 0.0256 e. The van der Waals surface area contributed by atoms with Gasteiger partial charge >= 0.3 is 0 Å². The van der Waals surface area contributed by atoms with Crippen LogP contribution >= 0.6 is 11.8 Å². The molecule has 0 radical (unpaired) electrons. The molecule has 1 atom stereocenters. The van der Waals surface area contributed by atoms with Crippen molar-refractivity contribution in [1.29, 1.82) is 0 Å². The molecule has 0 aromatic heterocycles. The van der Waals surface area contributed by atoms with Gasteiger partial charge in [-0.05, 0) is 57.0 Å². The fourth-order valence-electron chi connectivity index (χ4n) is 3.47. The van der Waals surface area contributed by atoms with Crippen LogP contribution in [0.15, 0.2) is 30.3 Å². The Kier molecular flexibility index (Phi) is 5.25. The maximum atomic E-state index is 3.84. The van der Waals surface area contributed by atoms with Crippen LogP contribution < -0.4 is 5.32 Å². The van der Waals surface area contributed by atoms with E-state index >= 15 is 0 Å². The topological polar surface area (TPSA) is 15.3 Å². The van der Waals surface area contributed by atoms with E-state index in [0.717, 1.165) is 12.6 Å². The summed E-state index contributed by atoms with van der Waals surface area (Å²) >= 11 is 2.16. The number of nitrogens with one attached hydrogen (secondary N) is 1. The fourth-order valence-corrected chi connectivity index (χ4v) is 4.73. The molecule has 1 unspecified atom stereocenters. The molecule has 2 heterocycles. The lowest BCUT2D eigenvalue weighted by molar-refractivity contribution is 0.189. The van der Waals surface area contributed by atoms with E-state index in [4.69, 9.17) is 0 Å². The molecule has 2 fully saturated rings. The van der Waals surface area contributed by atoms with Gasteiger partial charge in [0.1, 0.15) is 0 Å². The lowest BCUT2D eigenvalue weighted by Crippen LogP contribution is -2.45. The summed E-state index contributed by atoms with van der Waals surface area (Å²) in [6, 6.07) is 11.6. The molecule has 2 aliphatic heterocycles. The molecule has 0 spiro atoms. The van der Waals surface area contributed by atoms with E-state index < -0.39 is 0 Å². The largest absolute Gasteiger partial charge is 0.313 e. The summed E-state index contributed by atoms with van der Waals surface area (Å²) in [5, 5.41) is 3.84. The summed E-state index contributed by atoms with van der Waals surface area (Å²) in [5.41, 5.74) is 1.44. The standard InChI is InChI=1S/C18H28N2S/c1-18(10-5-13-21-18)15-19-17-8-11-20(12-9-17)14-16-6-3-2-4-7-16/h2-4,6-7,17,19H,5,8-15H2,1H3. The van der Waals surface area contributed by atoms with E-state index in [0.29, 0.717) is 4.75 Å². The van der Waals surface area contributed by atoms with E-state index in [9.17, 15) is 0 Å². The summed E-state index contributed by atoms with van der Waals surface area (Å²) in [5.74, 6) is 1.35. The van der Waals surface area contributed by atoms with Gasteiger partial charge in [-0.3, -0.25) is 4.90 Å². The summed E-state index contributed by atoms with van der Waals surface area (Å²) < 4.78 is 0.501. The van der Waals surface area contributed by atoms with Gasteiger partial charge in [0.25, 0.3) is 0 Å². The van der Waals surface area contributed by atoms with Crippen LogP contribution in [-0.2, 0) is 6.54 Å². The Bertz CT molecular complexity index is 420. The van der Waals surface area contributed by atoms with Gasteiger partial charge in [0.15, 0.2) is 0 Å². The molecule has 1 aromatic rings. The van der Waals surface area contributed by atoms with Crippen molar-refractivity contribution in [2.45, 2.75) is 49.9 Å². The number of hydrogen-bond donors (Lipinski definition) is 1. The normalized spacial score (nSPS) is 28.0. The van der Waals surface area contributed by atoms with Crippen molar-refractivity contribution in [2.75, 3.05) is 25.4 Å². The number of hydrogen-bond acceptors (Lipinski definition) is 3. The Labute approximate surface area is 133 Å². The highest BCUT2D eigenvalue weighted by molar-refractivity contribution is 8.00. The minimum atomic E-state index is 0.501. The van der Waals surface area contributed by atoms with Crippen molar-refractivity contribution < 1.29 is 0 Å². The van der Waals surface area contributed by atoms with Gasteiger partial charge in [-0.15, -0.1) is 0 Å². The highest BCUT2D eigenvalue weighted by Gasteiger charge is 2.30. The first-order valence-corrected chi connectivity index (χ1v) is 9.36. The van der Waals surface area contributed by atoms with Gasteiger partial charge in [-0.1, -0.05) is 30.3 Å². The lowest BCUT2D eigenvalue weighted by atomic mass is 10.0. The molecule has 2 nitrogen and oxygen atoms in total. The van der Waals surface area contributed by atoms with Gasteiger partial charge in [-0.25, -0.2) is 0 Å². The van der Waals surface area contributed by atoms with Crippen LogP contribution in [0, 0.1) is 0 Å². The Morgan fingerprint density at radius 2 is 2.00 bits per heavy atom. The highest BCUT2D eigenvalue weighted by Crippen LogP contribution is 2.37. The van der Waals surface area contributed by atoms with Crippen LogP contribution in [-0.4, -0.2) is 41.1 Å². The molecule has 116 valence electrons. The van der Waals surface area contributed by atoms with Crippen LogP contribution in [0.4, 0.5) is 0 Å². The Morgan fingerprint density at radius 1 is 1.24 bits per heavy atom. The van der Waals surface area contributed by atoms with Crippen molar-refractivity contribution in [3.05, 3.63) is 35.9 Å². The van der Waals surface area contributed by atoms with Crippen LogP contribution in [0.3, 0.4) is 0 Å². The molecular formula is C18H28N2S. The molecule has 2 saturated heterocycles. The summed E-state index contributed by atoms with van der Waals surface area (Å²) in [6.07, 6.45) is 5.39. The van der Waals surface area contributed by atoms with Gasteiger partial charge in [0, 0.05) is 23.9 Å². The molecule has 0 aliphatic carbocycles. The van der Waals surface area contributed by atoms with E-state index in [-0.39, 0.29) is 0 Å². The summed E-state index contributed by atoms with van der Waals surface area (Å²) in [7, 11) is 0. The highest BCUT2D eigenvalue weighted by atomic mass is 32.2. The Morgan fingerprint density at radius 3 is 2.67 bits per heavy atom. The monoisotopic (exact) mass is 304 g/mol. The molecule has 0 saturated carbocycles. The molecule has 1 N–H and O–H groups in total. The van der Waals surface area contributed by atoms with Crippen LogP contribution in [0.5, 0.6) is 0 Å². The van der Waals surface area contributed by atoms with Crippen LogP contribution in [0.25, 0.3) is 0 Å². The third kappa shape index (κ3) is 4.48. The second-order valence-electron chi connectivity index (χ2n) is 6.82. The minimum absolute atomic E-state index is 0.501. The van der Waals surface area contributed by atoms with E-state index in [1.165, 1.54) is 56.6 Å². The van der Waals surface area contributed by atoms with Crippen molar-refractivity contribution in [2.24, 2.45) is 0 Å². The zero-order chi connectivity index (χ0) is 14.5. The average molecular weight is 305 g/mol. The second kappa shape index (κ2) is 7.17. The first-order valence-electron chi connectivity index (χ1n) is 8.37. The number of thioether (sulfide) groups is 1. The number of piperidine rings is 1. The average Bonchev–Trinajstić information content (AvgIpc) is 2.95. The first kappa shape index (κ1) is 15.4. The molecule has 0 amide bonds. The van der Waals surface area contributed by atoms with Crippen molar-refractivity contribution in [1.82, 2.24) is 10.2 Å². The molecular weight excluding hydrogens is 276 g/mol. The van der Waals surface area contributed by atoms with Gasteiger partial charge < -0.3 is 5.32 Å². The van der Waals surface area contributed by atoms with E-state index in [2.05, 4.69) is 59.2 Å². The van der Waals surface area contributed by atoms with E-state index in [1.807, 2.05) is 0 Å². The maximum absolute atomic E-state index is 3.84. The minimum Gasteiger partial charge on any atom is -0.313 e. The predicted molar refractivity (Wildman–Crippen MR) is 92.8 cm³/mol. The van der Waals surface area contributed by atoms with Crippen molar-refractivity contribution in [3.8, 4) is 0 Å². The molecule has 0 bridgehead atoms. The number of benzene rings is 1. The van der Waals surface area contributed by atoms with E-state index in [1.54, 1.807) is 0 Å². The number of likely N-dealkylation sites (tertiary alicyclic amines) is 1. The SMILES string of the molecule is CC1(CNC2CCN(Cc3ccccc3)CC2)CCCS1. The Balaban J connectivity index is 1.39.